The van der Waals surface area contributed by atoms with E-state index < -0.39 is 0 Å². The van der Waals surface area contributed by atoms with Gasteiger partial charge in [0.2, 0.25) is 0 Å². The molecule has 2 fully saturated rings. The maximum atomic E-state index is 3.46. The first kappa shape index (κ1) is 12.0. The molecule has 0 spiro atoms. The van der Waals surface area contributed by atoms with Crippen LogP contribution in [-0.2, 0) is 0 Å². The van der Waals surface area contributed by atoms with E-state index in [0.29, 0.717) is 0 Å². The lowest BCUT2D eigenvalue weighted by Gasteiger charge is -2.34. The van der Waals surface area contributed by atoms with Gasteiger partial charge in [-0.2, -0.15) is 0 Å². The predicted molar refractivity (Wildman–Crippen MR) is 76.4 cm³/mol. The van der Waals surface area contributed by atoms with E-state index in [0.717, 1.165) is 25.6 Å². The molecule has 0 aliphatic carbocycles. The first-order valence-corrected chi connectivity index (χ1v) is 7.07. The van der Waals surface area contributed by atoms with Gasteiger partial charge in [0.1, 0.15) is 0 Å². The largest absolute Gasteiger partial charge is 0.369 e. The first-order valence-electron chi connectivity index (χ1n) is 7.07. The molecule has 2 aliphatic heterocycles. The fraction of sp³-hybridized carbons (Fsp3) is 0.600. The maximum Gasteiger partial charge on any atom is 0.0369 e. The van der Waals surface area contributed by atoms with Gasteiger partial charge in [0.05, 0.1) is 0 Å². The molecule has 1 aromatic rings. The lowest BCUT2D eigenvalue weighted by molar-refractivity contribution is 0.313. The van der Waals surface area contributed by atoms with Crippen molar-refractivity contribution >= 4 is 5.69 Å². The summed E-state index contributed by atoms with van der Waals surface area (Å²) in [6, 6.07) is 9.18. The highest BCUT2D eigenvalue weighted by molar-refractivity contribution is 5.50. The second-order valence-electron chi connectivity index (χ2n) is 5.58. The van der Waals surface area contributed by atoms with E-state index in [2.05, 4.69) is 46.4 Å². The Morgan fingerprint density at radius 2 is 2.00 bits per heavy atom. The highest BCUT2D eigenvalue weighted by Gasteiger charge is 2.19. The minimum absolute atomic E-state index is 0.720. The zero-order valence-corrected chi connectivity index (χ0v) is 11.2. The molecule has 3 heteroatoms. The molecule has 98 valence electrons. The molecule has 1 aromatic carbocycles. The molecule has 0 saturated carbocycles. The van der Waals surface area contributed by atoms with Crippen molar-refractivity contribution in [3.05, 3.63) is 29.8 Å². The van der Waals surface area contributed by atoms with Crippen LogP contribution in [-0.4, -0.2) is 51.2 Å². The SMILES string of the molecule is CN1CCN(c2cccc(C3CCNC3)c2)CC1. The molecule has 1 N–H and O–H groups in total. The first-order chi connectivity index (χ1) is 8.83. The normalized spacial score (nSPS) is 25.6. The molecule has 1 unspecified atom stereocenters. The molecule has 18 heavy (non-hydrogen) atoms. The van der Waals surface area contributed by atoms with Crippen LogP contribution >= 0.6 is 0 Å². The fourth-order valence-corrected chi connectivity index (χ4v) is 2.98. The zero-order chi connectivity index (χ0) is 12.4. The van der Waals surface area contributed by atoms with Crippen molar-refractivity contribution in [2.75, 3.05) is 51.2 Å². The van der Waals surface area contributed by atoms with Gasteiger partial charge in [-0.05, 0) is 43.6 Å². The lowest BCUT2D eigenvalue weighted by atomic mass is 9.98. The third kappa shape index (κ3) is 2.52. The van der Waals surface area contributed by atoms with Gasteiger partial charge in [-0.1, -0.05) is 12.1 Å². The van der Waals surface area contributed by atoms with Gasteiger partial charge in [0, 0.05) is 38.4 Å². The molecule has 0 radical (unpaired) electrons. The van der Waals surface area contributed by atoms with E-state index in [-0.39, 0.29) is 0 Å². The fourth-order valence-electron chi connectivity index (χ4n) is 2.98. The van der Waals surface area contributed by atoms with Crippen LogP contribution in [0.1, 0.15) is 17.9 Å². The van der Waals surface area contributed by atoms with Crippen molar-refractivity contribution in [2.24, 2.45) is 0 Å². The average molecular weight is 245 g/mol. The van der Waals surface area contributed by atoms with E-state index in [4.69, 9.17) is 0 Å². The highest BCUT2D eigenvalue weighted by atomic mass is 15.2. The Morgan fingerprint density at radius 3 is 2.72 bits per heavy atom. The summed E-state index contributed by atoms with van der Waals surface area (Å²) in [7, 11) is 2.21. The minimum atomic E-state index is 0.720. The van der Waals surface area contributed by atoms with Crippen LogP contribution in [0.25, 0.3) is 0 Å². The van der Waals surface area contributed by atoms with Crippen molar-refractivity contribution in [1.29, 1.82) is 0 Å². The number of nitrogens with one attached hydrogen (secondary N) is 1. The average Bonchev–Trinajstić information content (AvgIpc) is 2.94. The van der Waals surface area contributed by atoms with Gasteiger partial charge < -0.3 is 15.1 Å². The number of likely N-dealkylation sites (N-methyl/N-ethyl adjacent to an activating group) is 1. The summed E-state index contributed by atoms with van der Waals surface area (Å²) in [5.41, 5.74) is 2.92. The number of anilines is 1. The van der Waals surface area contributed by atoms with Crippen LogP contribution < -0.4 is 10.2 Å². The van der Waals surface area contributed by atoms with Crippen LogP contribution in [0, 0.1) is 0 Å². The molecular formula is C15H23N3. The molecule has 3 rings (SSSR count). The van der Waals surface area contributed by atoms with Gasteiger partial charge in [0.25, 0.3) is 0 Å². The molecule has 1 atom stereocenters. The molecule has 3 nitrogen and oxygen atoms in total. The summed E-state index contributed by atoms with van der Waals surface area (Å²) in [6.45, 7) is 6.98. The number of piperazine rings is 1. The van der Waals surface area contributed by atoms with Crippen molar-refractivity contribution in [3.63, 3.8) is 0 Å². The second-order valence-corrected chi connectivity index (χ2v) is 5.58. The Bertz CT molecular complexity index is 390. The number of benzene rings is 1. The van der Waals surface area contributed by atoms with Crippen molar-refractivity contribution in [2.45, 2.75) is 12.3 Å². The van der Waals surface area contributed by atoms with Gasteiger partial charge in [-0.3, -0.25) is 0 Å². The molecule has 0 aromatic heterocycles. The Kier molecular flexibility index (Phi) is 3.52. The van der Waals surface area contributed by atoms with Crippen LogP contribution in [0.4, 0.5) is 5.69 Å². The van der Waals surface area contributed by atoms with Crippen molar-refractivity contribution < 1.29 is 0 Å². The number of hydrogen-bond acceptors (Lipinski definition) is 3. The molecular weight excluding hydrogens is 222 g/mol. The third-order valence-corrected chi connectivity index (χ3v) is 4.27. The van der Waals surface area contributed by atoms with Crippen LogP contribution in [0.3, 0.4) is 0 Å². The van der Waals surface area contributed by atoms with Crippen molar-refractivity contribution in [1.82, 2.24) is 10.2 Å². The Hall–Kier alpha value is -1.06. The van der Waals surface area contributed by atoms with Gasteiger partial charge in [-0.25, -0.2) is 0 Å². The third-order valence-electron chi connectivity index (χ3n) is 4.27. The van der Waals surface area contributed by atoms with Gasteiger partial charge >= 0.3 is 0 Å². The Labute approximate surface area is 110 Å². The Morgan fingerprint density at radius 1 is 1.17 bits per heavy atom. The van der Waals surface area contributed by atoms with Gasteiger partial charge in [0.15, 0.2) is 0 Å². The molecule has 0 amide bonds. The van der Waals surface area contributed by atoms with E-state index >= 15 is 0 Å². The van der Waals surface area contributed by atoms with Gasteiger partial charge in [-0.15, -0.1) is 0 Å². The molecule has 2 saturated heterocycles. The molecule has 0 bridgehead atoms. The summed E-state index contributed by atoms with van der Waals surface area (Å²) in [5.74, 6) is 0.720. The molecule has 2 heterocycles. The second kappa shape index (κ2) is 5.29. The maximum absolute atomic E-state index is 3.46. The summed E-state index contributed by atoms with van der Waals surface area (Å²) in [5, 5.41) is 3.46. The number of nitrogens with zero attached hydrogens (tertiary/aromatic N) is 2. The summed E-state index contributed by atoms with van der Waals surface area (Å²) >= 11 is 0. The minimum Gasteiger partial charge on any atom is -0.369 e. The number of rotatable bonds is 2. The summed E-state index contributed by atoms with van der Waals surface area (Å²) < 4.78 is 0. The van der Waals surface area contributed by atoms with Crippen LogP contribution in [0.5, 0.6) is 0 Å². The van der Waals surface area contributed by atoms with Crippen LogP contribution in [0.2, 0.25) is 0 Å². The highest BCUT2D eigenvalue weighted by Crippen LogP contribution is 2.26. The van der Waals surface area contributed by atoms with E-state index in [1.807, 2.05) is 0 Å². The van der Waals surface area contributed by atoms with Crippen molar-refractivity contribution in [3.8, 4) is 0 Å². The monoisotopic (exact) mass is 245 g/mol. The van der Waals surface area contributed by atoms with Crippen LogP contribution in [0.15, 0.2) is 24.3 Å². The summed E-state index contributed by atoms with van der Waals surface area (Å²) in [4.78, 5) is 4.92. The smallest absolute Gasteiger partial charge is 0.0369 e. The molecule has 2 aliphatic rings. The number of hydrogen-bond donors (Lipinski definition) is 1. The summed E-state index contributed by atoms with van der Waals surface area (Å²) in [6.07, 6.45) is 1.28. The predicted octanol–water partition coefficient (Wildman–Crippen LogP) is 1.52. The zero-order valence-electron chi connectivity index (χ0n) is 11.2. The van der Waals surface area contributed by atoms with E-state index in [9.17, 15) is 0 Å². The topological polar surface area (TPSA) is 18.5 Å². The Balaban J connectivity index is 1.74. The van der Waals surface area contributed by atoms with E-state index in [1.54, 1.807) is 0 Å². The lowest BCUT2D eigenvalue weighted by Crippen LogP contribution is -2.44. The quantitative estimate of drug-likeness (QED) is 0.852. The van der Waals surface area contributed by atoms with E-state index in [1.165, 1.54) is 37.3 Å². The standard InChI is InChI=1S/C15H23N3/c1-17-7-9-18(10-8-17)15-4-2-3-13(11-15)14-5-6-16-12-14/h2-4,11,14,16H,5-10,12H2,1H3.